The molecule has 1 aliphatic rings. The van der Waals surface area contributed by atoms with Crippen molar-refractivity contribution in [2.45, 2.75) is 45.3 Å². The topological polar surface area (TPSA) is 58.6 Å². The molecule has 1 N–H and O–H groups in total. The van der Waals surface area contributed by atoms with Crippen LogP contribution in [-0.4, -0.2) is 41.6 Å². The van der Waals surface area contributed by atoms with E-state index in [4.69, 9.17) is 4.74 Å². The van der Waals surface area contributed by atoms with Gasteiger partial charge in [-0.25, -0.2) is 9.18 Å². The van der Waals surface area contributed by atoms with E-state index in [2.05, 4.69) is 5.32 Å². The second-order valence-electron chi connectivity index (χ2n) is 6.72. The molecule has 2 rings (SSSR count). The Hall–Kier alpha value is -2.11. The second-order valence-corrected chi connectivity index (χ2v) is 6.72. The van der Waals surface area contributed by atoms with Crippen LogP contribution in [-0.2, 0) is 4.74 Å². The van der Waals surface area contributed by atoms with Gasteiger partial charge in [-0.05, 0) is 57.9 Å². The molecule has 1 heterocycles. The van der Waals surface area contributed by atoms with Crippen LogP contribution in [0.2, 0.25) is 0 Å². The molecule has 0 radical (unpaired) electrons. The Morgan fingerprint density at radius 1 is 1.17 bits per heavy atom. The average Bonchev–Trinajstić information content (AvgIpc) is 2.46. The van der Waals surface area contributed by atoms with Crippen molar-refractivity contribution in [1.29, 1.82) is 0 Å². The fourth-order valence-electron chi connectivity index (χ4n) is 2.48. The van der Waals surface area contributed by atoms with Crippen molar-refractivity contribution in [2.75, 3.05) is 13.1 Å². The molecule has 0 unspecified atom stereocenters. The fraction of sp³-hybridized carbons (Fsp3) is 0.529. The van der Waals surface area contributed by atoms with Gasteiger partial charge in [0, 0.05) is 24.7 Å². The molecule has 6 heteroatoms. The number of ether oxygens (including phenoxy) is 1. The number of benzene rings is 1. The summed E-state index contributed by atoms with van der Waals surface area (Å²) < 4.78 is 18.1. The number of carbonyl (C=O) groups is 2. The van der Waals surface area contributed by atoms with Gasteiger partial charge in [-0.15, -0.1) is 0 Å². The Morgan fingerprint density at radius 2 is 1.74 bits per heavy atom. The van der Waals surface area contributed by atoms with Crippen LogP contribution in [0.1, 0.15) is 44.0 Å². The van der Waals surface area contributed by atoms with Crippen LogP contribution in [0.25, 0.3) is 0 Å². The highest BCUT2D eigenvalue weighted by atomic mass is 19.1. The van der Waals surface area contributed by atoms with Crippen molar-refractivity contribution in [3.8, 4) is 0 Å². The minimum absolute atomic E-state index is 0.00196. The summed E-state index contributed by atoms with van der Waals surface area (Å²) in [7, 11) is 0. The molecule has 0 aromatic heterocycles. The van der Waals surface area contributed by atoms with Crippen molar-refractivity contribution < 1.29 is 18.7 Å². The van der Waals surface area contributed by atoms with E-state index in [0.29, 0.717) is 31.5 Å². The predicted molar refractivity (Wildman–Crippen MR) is 84.7 cm³/mol. The molecule has 0 aliphatic carbocycles. The smallest absolute Gasteiger partial charge is 0.407 e. The maximum atomic E-state index is 12.9. The van der Waals surface area contributed by atoms with Gasteiger partial charge in [0.15, 0.2) is 0 Å². The minimum Gasteiger partial charge on any atom is -0.444 e. The van der Waals surface area contributed by atoms with Crippen LogP contribution < -0.4 is 5.32 Å². The van der Waals surface area contributed by atoms with E-state index in [1.54, 1.807) is 4.90 Å². The average molecular weight is 322 g/mol. The highest BCUT2D eigenvalue weighted by Crippen LogP contribution is 2.15. The van der Waals surface area contributed by atoms with Crippen LogP contribution in [0.4, 0.5) is 9.18 Å². The lowest BCUT2D eigenvalue weighted by atomic mass is 10.0. The van der Waals surface area contributed by atoms with Crippen LogP contribution in [0.15, 0.2) is 24.3 Å². The maximum Gasteiger partial charge on any atom is 0.407 e. The van der Waals surface area contributed by atoms with Crippen LogP contribution in [0.3, 0.4) is 0 Å². The molecule has 1 saturated heterocycles. The molecule has 0 atom stereocenters. The molecule has 126 valence electrons. The summed E-state index contributed by atoms with van der Waals surface area (Å²) in [6.07, 6.45) is 0.916. The standard InChI is InChI=1S/C17H23FN2O3/c1-17(2,3)23-16(22)19-14-8-10-20(11-9-14)15(21)12-4-6-13(18)7-5-12/h4-7,14H,8-11H2,1-3H3,(H,19,22). The van der Waals surface area contributed by atoms with Crippen molar-refractivity contribution in [2.24, 2.45) is 0 Å². The summed E-state index contributed by atoms with van der Waals surface area (Å²) in [5, 5.41) is 2.83. The third-order valence-corrected chi connectivity index (χ3v) is 3.59. The molecule has 2 amide bonds. The van der Waals surface area contributed by atoms with Gasteiger partial charge in [-0.3, -0.25) is 4.79 Å². The summed E-state index contributed by atoms with van der Waals surface area (Å²) in [5.41, 5.74) is -0.0477. The normalized spacial score (nSPS) is 16.1. The Morgan fingerprint density at radius 3 is 2.26 bits per heavy atom. The molecule has 0 saturated carbocycles. The maximum absolute atomic E-state index is 12.9. The molecule has 1 fully saturated rings. The lowest BCUT2D eigenvalue weighted by molar-refractivity contribution is 0.0473. The first-order valence-corrected chi connectivity index (χ1v) is 7.79. The van der Waals surface area contributed by atoms with E-state index in [1.807, 2.05) is 20.8 Å². The summed E-state index contributed by atoms with van der Waals surface area (Å²) in [5.74, 6) is -0.470. The molecule has 1 aromatic carbocycles. The first kappa shape index (κ1) is 17.2. The molecule has 0 bridgehead atoms. The van der Waals surface area contributed by atoms with Crippen LogP contribution >= 0.6 is 0 Å². The number of likely N-dealkylation sites (tertiary alicyclic amines) is 1. The van der Waals surface area contributed by atoms with E-state index < -0.39 is 11.7 Å². The number of piperidine rings is 1. The van der Waals surface area contributed by atoms with Crippen LogP contribution in [0, 0.1) is 5.82 Å². The summed E-state index contributed by atoms with van der Waals surface area (Å²) in [4.78, 5) is 25.8. The zero-order valence-electron chi connectivity index (χ0n) is 13.8. The third kappa shape index (κ3) is 5.23. The summed E-state index contributed by atoms with van der Waals surface area (Å²) >= 11 is 0. The molecular weight excluding hydrogens is 299 g/mol. The molecule has 23 heavy (non-hydrogen) atoms. The Kier molecular flexibility index (Phi) is 5.23. The third-order valence-electron chi connectivity index (χ3n) is 3.59. The van der Waals surface area contributed by atoms with Gasteiger partial charge in [0.1, 0.15) is 11.4 Å². The SMILES string of the molecule is CC(C)(C)OC(=O)NC1CCN(C(=O)c2ccc(F)cc2)CC1. The van der Waals surface area contributed by atoms with E-state index in [9.17, 15) is 14.0 Å². The van der Waals surface area contributed by atoms with Crippen LogP contribution in [0.5, 0.6) is 0 Å². The minimum atomic E-state index is -0.524. The zero-order chi connectivity index (χ0) is 17.0. The Bertz CT molecular complexity index is 558. The van der Waals surface area contributed by atoms with Gasteiger partial charge in [-0.1, -0.05) is 0 Å². The largest absolute Gasteiger partial charge is 0.444 e. The first-order chi connectivity index (χ1) is 10.7. The van der Waals surface area contributed by atoms with Gasteiger partial charge in [0.25, 0.3) is 5.91 Å². The molecule has 1 aromatic rings. The number of hydrogen-bond acceptors (Lipinski definition) is 3. The number of nitrogens with one attached hydrogen (secondary N) is 1. The van der Waals surface area contributed by atoms with Crippen molar-refractivity contribution in [3.05, 3.63) is 35.6 Å². The monoisotopic (exact) mass is 322 g/mol. The second kappa shape index (κ2) is 6.98. The lowest BCUT2D eigenvalue weighted by Gasteiger charge is -2.33. The van der Waals surface area contributed by atoms with Crippen molar-refractivity contribution >= 4 is 12.0 Å². The number of alkyl carbamates (subject to hydrolysis) is 1. The molecule has 5 nitrogen and oxygen atoms in total. The van der Waals surface area contributed by atoms with Crippen molar-refractivity contribution in [3.63, 3.8) is 0 Å². The van der Waals surface area contributed by atoms with Gasteiger partial charge in [0.05, 0.1) is 0 Å². The Balaban J connectivity index is 1.83. The first-order valence-electron chi connectivity index (χ1n) is 7.79. The Labute approximate surface area is 135 Å². The van der Waals surface area contributed by atoms with Gasteiger partial charge >= 0.3 is 6.09 Å². The van der Waals surface area contributed by atoms with Gasteiger partial charge < -0.3 is 15.0 Å². The quantitative estimate of drug-likeness (QED) is 0.911. The van der Waals surface area contributed by atoms with E-state index in [0.717, 1.165) is 0 Å². The summed E-state index contributed by atoms with van der Waals surface area (Å²) in [6, 6.07) is 5.54. The number of hydrogen-bond donors (Lipinski definition) is 1. The fourth-order valence-corrected chi connectivity index (χ4v) is 2.48. The van der Waals surface area contributed by atoms with Crippen molar-refractivity contribution in [1.82, 2.24) is 10.2 Å². The van der Waals surface area contributed by atoms with E-state index in [1.165, 1.54) is 24.3 Å². The van der Waals surface area contributed by atoms with E-state index in [-0.39, 0.29) is 17.8 Å². The predicted octanol–water partition coefficient (Wildman–Crippen LogP) is 2.96. The number of amides is 2. The lowest BCUT2D eigenvalue weighted by Crippen LogP contribution is -2.47. The molecule has 1 aliphatic heterocycles. The summed E-state index contributed by atoms with van der Waals surface area (Å²) in [6.45, 7) is 6.55. The highest BCUT2D eigenvalue weighted by molar-refractivity contribution is 5.94. The van der Waals surface area contributed by atoms with Gasteiger partial charge in [0.2, 0.25) is 0 Å². The molecular formula is C17H23FN2O3. The molecule has 0 spiro atoms. The zero-order valence-corrected chi connectivity index (χ0v) is 13.8. The van der Waals surface area contributed by atoms with Gasteiger partial charge in [-0.2, -0.15) is 0 Å². The highest BCUT2D eigenvalue weighted by Gasteiger charge is 2.26. The number of carbonyl (C=O) groups excluding carboxylic acids is 2. The number of nitrogens with zero attached hydrogens (tertiary/aromatic N) is 1. The number of halogens is 1. The number of rotatable bonds is 2. The van der Waals surface area contributed by atoms with E-state index >= 15 is 0 Å².